The Hall–Kier alpha value is -3.02. The van der Waals surface area contributed by atoms with E-state index in [-0.39, 0.29) is 12.5 Å². The fourth-order valence-corrected chi connectivity index (χ4v) is 2.72. The molecule has 28 heavy (non-hydrogen) atoms. The number of hydrogen-bond acceptors (Lipinski definition) is 5. The standard InChI is InChI=1S/C22H28N2O4/c1-14(2)18-9-7-15(3)11-21(18)28-13-22(25)24-23-16(4)19-10-8-17(26-5)12-20(19)27-6/h7-12,14H,13H2,1-6H3,(H,24,25)/b23-16+. The first-order valence-electron chi connectivity index (χ1n) is 9.14. The molecule has 0 aliphatic heterocycles. The van der Waals surface area contributed by atoms with Crippen molar-refractivity contribution in [2.24, 2.45) is 5.10 Å². The van der Waals surface area contributed by atoms with Gasteiger partial charge in [-0.25, -0.2) is 5.43 Å². The monoisotopic (exact) mass is 384 g/mol. The Bertz CT molecular complexity index is 860. The van der Waals surface area contributed by atoms with Crippen LogP contribution in [-0.4, -0.2) is 32.4 Å². The Labute approximate surface area is 166 Å². The van der Waals surface area contributed by atoms with E-state index in [1.807, 2.05) is 37.3 Å². The lowest BCUT2D eigenvalue weighted by Gasteiger charge is -2.14. The van der Waals surface area contributed by atoms with Crippen molar-refractivity contribution in [3.05, 3.63) is 53.1 Å². The van der Waals surface area contributed by atoms with E-state index in [0.717, 1.165) is 22.4 Å². The summed E-state index contributed by atoms with van der Waals surface area (Å²) in [5.41, 5.74) is 6.07. The van der Waals surface area contributed by atoms with Gasteiger partial charge in [-0.2, -0.15) is 5.10 Å². The first-order valence-corrected chi connectivity index (χ1v) is 9.14. The summed E-state index contributed by atoms with van der Waals surface area (Å²) < 4.78 is 16.3. The van der Waals surface area contributed by atoms with Crippen LogP contribution in [-0.2, 0) is 4.79 Å². The molecule has 1 N–H and O–H groups in total. The topological polar surface area (TPSA) is 69.2 Å². The van der Waals surface area contributed by atoms with Gasteiger partial charge in [0.1, 0.15) is 17.2 Å². The molecule has 6 heteroatoms. The number of hydrogen-bond donors (Lipinski definition) is 1. The third-order valence-corrected chi connectivity index (χ3v) is 4.30. The molecule has 0 aliphatic carbocycles. The van der Waals surface area contributed by atoms with Crippen molar-refractivity contribution in [2.45, 2.75) is 33.6 Å². The highest BCUT2D eigenvalue weighted by atomic mass is 16.5. The minimum absolute atomic E-state index is 0.111. The molecule has 2 rings (SSSR count). The number of benzene rings is 2. The Morgan fingerprint density at radius 3 is 2.46 bits per heavy atom. The molecule has 6 nitrogen and oxygen atoms in total. The van der Waals surface area contributed by atoms with Crippen molar-refractivity contribution in [2.75, 3.05) is 20.8 Å². The summed E-state index contributed by atoms with van der Waals surface area (Å²) in [7, 11) is 3.17. The second kappa shape index (κ2) is 9.78. The summed E-state index contributed by atoms with van der Waals surface area (Å²) in [6.07, 6.45) is 0. The Morgan fingerprint density at radius 1 is 1.07 bits per heavy atom. The van der Waals surface area contributed by atoms with Gasteiger partial charge in [-0.3, -0.25) is 4.79 Å². The summed E-state index contributed by atoms with van der Waals surface area (Å²) in [6.45, 7) is 7.86. The average molecular weight is 384 g/mol. The molecule has 0 aromatic heterocycles. The number of rotatable bonds is 8. The fourth-order valence-electron chi connectivity index (χ4n) is 2.72. The molecular formula is C22H28N2O4. The smallest absolute Gasteiger partial charge is 0.277 e. The van der Waals surface area contributed by atoms with Crippen molar-refractivity contribution >= 4 is 11.6 Å². The van der Waals surface area contributed by atoms with Crippen LogP contribution in [0, 0.1) is 6.92 Å². The highest BCUT2D eigenvalue weighted by molar-refractivity contribution is 6.01. The minimum Gasteiger partial charge on any atom is -0.497 e. The van der Waals surface area contributed by atoms with Crippen molar-refractivity contribution in [3.63, 3.8) is 0 Å². The second-order valence-electron chi connectivity index (χ2n) is 6.78. The number of ether oxygens (including phenoxy) is 3. The molecule has 0 spiro atoms. The van der Waals surface area contributed by atoms with Crippen LogP contribution in [0.25, 0.3) is 0 Å². The van der Waals surface area contributed by atoms with Crippen molar-refractivity contribution in [1.29, 1.82) is 0 Å². The highest BCUT2D eigenvalue weighted by Crippen LogP contribution is 2.27. The molecule has 0 unspecified atom stereocenters. The second-order valence-corrected chi connectivity index (χ2v) is 6.78. The van der Waals surface area contributed by atoms with E-state index >= 15 is 0 Å². The third-order valence-electron chi connectivity index (χ3n) is 4.30. The molecule has 2 aromatic carbocycles. The van der Waals surface area contributed by atoms with Gasteiger partial charge in [-0.1, -0.05) is 26.0 Å². The minimum atomic E-state index is -0.331. The van der Waals surface area contributed by atoms with Crippen LogP contribution in [0.15, 0.2) is 41.5 Å². The summed E-state index contributed by atoms with van der Waals surface area (Å²) in [5.74, 6) is 2.00. The van der Waals surface area contributed by atoms with E-state index in [2.05, 4.69) is 24.4 Å². The van der Waals surface area contributed by atoms with Crippen LogP contribution in [0.2, 0.25) is 0 Å². The summed E-state index contributed by atoms with van der Waals surface area (Å²) in [5, 5.41) is 4.16. The van der Waals surface area contributed by atoms with Gasteiger partial charge >= 0.3 is 0 Å². The number of nitrogens with zero attached hydrogens (tertiary/aromatic N) is 1. The molecule has 0 atom stereocenters. The van der Waals surface area contributed by atoms with Crippen LogP contribution in [0.4, 0.5) is 0 Å². The summed E-state index contributed by atoms with van der Waals surface area (Å²) in [4.78, 5) is 12.2. The number of hydrazone groups is 1. The van der Waals surface area contributed by atoms with E-state index in [1.54, 1.807) is 27.2 Å². The lowest BCUT2D eigenvalue weighted by atomic mass is 10.0. The number of amides is 1. The zero-order chi connectivity index (χ0) is 20.7. The Morgan fingerprint density at radius 2 is 1.82 bits per heavy atom. The average Bonchev–Trinajstić information content (AvgIpc) is 2.69. The molecule has 0 fully saturated rings. The van der Waals surface area contributed by atoms with E-state index in [4.69, 9.17) is 14.2 Å². The molecule has 0 aliphatic rings. The summed E-state index contributed by atoms with van der Waals surface area (Å²) >= 11 is 0. The molecule has 0 heterocycles. The maximum absolute atomic E-state index is 12.2. The quantitative estimate of drug-likeness (QED) is 0.551. The Kier molecular flexibility index (Phi) is 7.44. The predicted molar refractivity (Wildman–Crippen MR) is 111 cm³/mol. The largest absolute Gasteiger partial charge is 0.497 e. The molecule has 1 amide bonds. The number of carbonyl (C=O) groups is 1. The maximum atomic E-state index is 12.2. The van der Waals surface area contributed by atoms with Crippen LogP contribution >= 0.6 is 0 Å². The van der Waals surface area contributed by atoms with Gasteiger partial charge in [0.2, 0.25) is 0 Å². The SMILES string of the molecule is COc1ccc(/C(C)=N/NC(=O)COc2cc(C)ccc2C(C)C)c(OC)c1. The third kappa shape index (κ3) is 5.49. The van der Waals surface area contributed by atoms with Crippen molar-refractivity contribution in [3.8, 4) is 17.2 Å². The zero-order valence-electron chi connectivity index (χ0n) is 17.3. The zero-order valence-corrected chi connectivity index (χ0v) is 17.3. The lowest BCUT2D eigenvalue weighted by molar-refractivity contribution is -0.123. The molecular weight excluding hydrogens is 356 g/mol. The number of methoxy groups -OCH3 is 2. The van der Waals surface area contributed by atoms with Gasteiger partial charge in [-0.15, -0.1) is 0 Å². The van der Waals surface area contributed by atoms with E-state index in [9.17, 15) is 4.79 Å². The van der Waals surface area contributed by atoms with E-state index in [0.29, 0.717) is 23.1 Å². The molecule has 2 aromatic rings. The van der Waals surface area contributed by atoms with Gasteiger partial charge in [0.25, 0.3) is 5.91 Å². The lowest BCUT2D eigenvalue weighted by Crippen LogP contribution is -2.26. The van der Waals surface area contributed by atoms with E-state index < -0.39 is 0 Å². The summed E-state index contributed by atoms with van der Waals surface area (Å²) in [6, 6.07) is 11.4. The van der Waals surface area contributed by atoms with Crippen LogP contribution in [0.5, 0.6) is 17.2 Å². The van der Waals surface area contributed by atoms with Gasteiger partial charge in [-0.05, 0) is 49.1 Å². The fraction of sp³-hybridized carbons (Fsp3) is 0.364. The normalized spacial score (nSPS) is 11.3. The highest BCUT2D eigenvalue weighted by Gasteiger charge is 2.11. The van der Waals surface area contributed by atoms with Crippen LogP contribution in [0.3, 0.4) is 0 Å². The predicted octanol–water partition coefficient (Wildman–Crippen LogP) is 4.05. The molecule has 150 valence electrons. The number of aryl methyl sites for hydroxylation is 1. The molecule has 0 bridgehead atoms. The van der Waals surface area contributed by atoms with Gasteiger partial charge < -0.3 is 14.2 Å². The number of nitrogens with one attached hydrogen (secondary N) is 1. The van der Waals surface area contributed by atoms with Gasteiger partial charge in [0.05, 0.1) is 19.9 Å². The first-order chi connectivity index (χ1) is 13.3. The molecule has 0 saturated carbocycles. The Balaban J connectivity index is 2.03. The van der Waals surface area contributed by atoms with Gasteiger partial charge in [0, 0.05) is 11.6 Å². The molecule has 0 saturated heterocycles. The van der Waals surface area contributed by atoms with Crippen molar-refractivity contribution < 1.29 is 19.0 Å². The van der Waals surface area contributed by atoms with E-state index in [1.165, 1.54) is 0 Å². The van der Waals surface area contributed by atoms with Crippen LogP contribution < -0.4 is 19.6 Å². The number of carbonyl (C=O) groups excluding carboxylic acids is 1. The first kappa shape index (κ1) is 21.3. The maximum Gasteiger partial charge on any atom is 0.277 e. The molecule has 0 radical (unpaired) electrons. The van der Waals surface area contributed by atoms with Crippen molar-refractivity contribution in [1.82, 2.24) is 5.43 Å². The van der Waals surface area contributed by atoms with Crippen LogP contribution in [0.1, 0.15) is 43.4 Å². The van der Waals surface area contributed by atoms with Gasteiger partial charge in [0.15, 0.2) is 6.61 Å².